The van der Waals surface area contributed by atoms with E-state index in [0.717, 1.165) is 18.0 Å². The summed E-state index contributed by atoms with van der Waals surface area (Å²) in [5.41, 5.74) is 2.35. The van der Waals surface area contributed by atoms with Gasteiger partial charge < -0.3 is 10.2 Å². The van der Waals surface area contributed by atoms with Crippen LogP contribution in [0.2, 0.25) is 0 Å². The SMILES string of the molecule is CCCCC1CCN(CC(C)C[C@H]2CC(=O)Nc3ccccc32)CC1. The number of nitrogens with one attached hydrogen (secondary N) is 1. The third kappa shape index (κ3) is 5.07. The molecule has 3 heteroatoms. The number of para-hydroxylation sites is 1. The van der Waals surface area contributed by atoms with Crippen LogP contribution in [0.4, 0.5) is 5.69 Å². The molecule has 0 aromatic heterocycles. The smallest absolute Gasteiger partial charge is 0.224 e. The van der Waals surface area contributed by atoms with E-state index in [1.807, 2.05) is 12.1 Å². The Balaban J connectivity index is 1.49. The molecule has 25 heavy (non-hydrogen) atoms. The molecular formula is C22H34N2O. The fraction of sp³-hybridized carbons (Fsp3) is 0.682. The zero-order chi connectivity index (χ0) is 17.6. The molecule has 0 radical (unpaired) electrons. The van der Waals surface area contributed by atoms with Gasteiger partial charge in [-0.25, -0.2) is 0 Å². The molecule has 1 aromatic carbocycles. The number of benzene rings is 1. The number of unbranched alkanes of at least 4 members (excludes halogenated alkanes) is 1. The van der Waals surface area contributed by atoms with Crippen molar-refractivity contribution in [2.75, 3.05) is 25.0 Å². The first-order valence-corrected chi connectivity index (χ1v) is 10.3. The Morgan fingerprint density at radius 1 is 1.24 bits per heavy atom. The number of hydrogen-bond acceptors (Lipinski definition) is 2. The lowest BCUT2D eigenvalue weighted by Gasteiger charge is -2.35. The second-order valence-corrected chi connectivity index (χ2v) is 8.26. The van der Waals surface area contributed by atoms with E-state index in [2.05, 4.69) is 36.2 Å². The molecule has 138 valence electrons. The van der Waals surface area contributed by atoms with Crippen LogP contribution in [0.25, 0.3) is 0 Å². The molecule has 1 saturated heterocycles. The fourth-order valence-electron chi connectivity index (χ4n) is 4.66. The molecule has 1 N–H and O–H groups in total. The average Bonchev–Trinajstić information content (AvgIpc) is 2.61. The minimum Gasteiger partial charge on any atom is -0.326 e. The highest BCUT2D eigenvalue weighted by Crippen LogP contribution is 2.36. The summed E-state index contributed by atoms with van der Waals surface area (Å²) in [6, 6.07) is 8.32. The summed E-state index contributed by atoms with van der Waals surface area (Å²) in [6.07, 6.45) is 8.65. The number of nitrogens with zero attached hydrogens (tertiary/aromatic N) is 1. The van der Waals surface area contributed by atoms with Gasteiger partial charge in [0.25, 0.3) is 0 Å². The van der Waals surface area contributed by atoms with Gasteiger partial charge in [-0.2, -0.15) is 0 Å². The molecule has 1 amide bonds. The van der Waals surface area contributed by atoms with Crippen molar-refractivity contribution in [3.05, 3.63) is 29.8 Å². The topological polar surface area (TPSA) is 32.3 Å². The van der Waals surface area contributed by atoms with E-state index >= 15 is 0 Å². The van der Waals surface area contributed by atoms with E-state index in [1.54, 1.807) is 0 Å². The maximum atomic E-state index is 12.0. The third-order valence-corrected chi connectivity index (χ3v) is 6.04. The van der Waals surface area contributed by atoms with Crippen molar-refractivity contribution < 1.29 is 4.79 Å². The summed E-state index contributed by atoms with van der Waals surface area (Å²) < 4.78 is 0. The van der Waals surface area contributed by atoms with E-state index in [9.17, 15) is 4.79 Å². The molecule has 2 heterocycles. The van der Waals surface area contributed by atoms with E-state index in [1.165, 1.54) is 57.3 Å². The van der Waals surface area contributed by atoms with Gasteiger partial charge in [0.05, 0.1) is 0 Å². The number of amides is 1. The van der Waals surface area contributed by atoms with Crippen molar-refractivity contribution in [2.45, 2.75) is 64.7 Å². The molecule has 0 saturated carbocycles. The van der Waals surface area contributed by atoms with Gasteiger partial charge in [0.15, 0.2) is 0 Å². The normalized spacial score (nSPS) is 23.1. The van der Waals surface area contributed by atoms with Crippen LogP contribution in [0.5, 0.6) is 0 Å². The van der Waals surface area contributed by atoms with Crippen LogP contribution >= 0.6 is 0 Å². The number of likely N-dealkylation sites (tertiary alicyclic amines) is 1. The molecular weight excluding hydrogens is 308 g/mol. The fourth-order valence-corrected chi connectivity index (χ4v) is 4.66. The van der Waals surface area contributed by atoms with E-state index in [0.29, 0.717) is 18.3 Å². The summed E-state index contributed by atoms with van der Waals surface area (Å²) >= 11 is 0. The van der Waals surface area contributed by atoms with Crippen LogP contribution in [-0.4, -0.2) is 30.4 Å². The quantitative estimate of drug-likeness (QED) is 0.753. The Kier molecular flexibility index (Phi) is 6.52. The monoisotopic (exact) mass is 342 g/mol. The molecule has 1 fully saturated rings. The highest BCUT2D eigenvalue weighted by atomic mass is 16.1. The van der Waals surface area contributed by atoms with Crippen molar-refractivity contribution in [1.82, 2.24) is 4.90 Å². The first-order valence-electron chi connectivity index (χ1n) is 10.3. The molecule has 2 aliphatic heterocycles. The van der Waals surface area contributed by atoms with Crippen molar-refractivity contribution in [3.8, 4) is 0 Å². The van der Waals surface area contributed by atoms with Gasteiger partial charge in [-0.05, 0) is 61.7 Å². The molecule has 2 aliphatic rings. The van der Waals surface area contributed by atoms with E-state index in [-0.39, 0.29) is 5.91 Å². The molecule has 0 spiro atoms. The number of hydrogen-bond donors (Lipinski definition) is 1. The summed E-state index contributed by atoms with van der Waals surface area (Å²) in [4.78, 5) is 14.7. The minimum atomic E-state index is 0.174. The zero-order valence-corrected chi connectivity index (χ0v) is 16.0. The second-order valence-electron chi connectivity index (χ2n) is 8.26. The highest BCUT2D eigenvalue weighted by Gasteiger charge is 2.27. The Morgan fingerprint density at radius 3 is 2.76 bits per heavy atom. The predicted molar refractivity (Wildman–Crippen MR) is 105 cm³/mol. The summed E-state index contributed by atoms with van der Waals surface area (Å²) in [6.45, 7) is 8.36. The molecule has 3 rings (SSSR count). The molecule has 0 bridgehead atoms. The first-order chi connectivity index (χ1) is 12.2. The number of carbonyl (C=O) groups excluding carboxylic acids is 1. The van der Waals surface area contributed by atoms with E-state index < -0.39 is 0 Å². The molecule has 2 atom stereocenters. The standard InChI is InChI=1S/C22H34N2O/c1-3-4-7-18-10-12-24(13-11-18)16-17(2)14-19-15-22(25)23-21-9-6-5-8-20(19)21/h5-6,8-9,17-19H,3-4,7,10-16H2,1-2H3,(H,23,25)/t17?,19-/m0/s1. The van der Waals surface area contributed by atoms with Gasteiger partial charge in [0, 0.05) is 18.7 Å². The summed E-state index contributed by atoms with van der Waals surface area (Å²) in [5, 5.41) is 3.02. The minimum absolute atomic E-state index is 0.174. The van der Waals surface area contributed by atoms with Crippen LogP contribution < -0.4 is 5.32 Å². The Hall–Kier alpha value is -1.35. The summed E-state index contributed by atoms with van der Waals surface area (Å²) in [7, 11) is 0. The average molecular weight is 343 g/mol. The summed E-state index contributed by atoms with van der Waals surface area (Å²) in [5.74, 6) is 2.14. The molecule has 3 nitrogen and oxygen atoms in total. The molecule has 0 aliphatic carbocycles. The Bertz CT molecular complexity index is 563. The molecule has 1 aromatic rings. The highest BCUT2D eigenvalue weighted by molar-refractivity contribution is 5.94. The van der Waals surface area contributed by atoms with Crippen molar-refractivity contribution >= 4 is 11.6 Å². The van der Waals surface area contributed by atoms with Gasteiger partial charge in [-0.1, -0.05) is 51.3 Å². The van der Waals surface area contributed by atoms with Crippen LogP contribution in [0.1, 0.15) is 70.3 Å². The van der Waals surface area contributed by atoms with Crippen molar-refractivity contribution in [3.63, 3.8) is 0 Å². The maximum Gasteiger partial charge on any atom is 0.224 e. The number of carbonyl (C=O) groups is 1. The van der Waals surface area contributed by atoms with Crippen molar-refractivity contribution in [2.24, 2.45) is 11.8 Å². The van der Waals surface area contributed by atoms with Gasteiger partial charge >= 0.3 is 0 Å². The lowest BCUT2D eigenvalue weighted by Crippen LogP contribution is -2.37. The van der Waals surface area contributed by atoms with Crippen LogP contribution in [-0.2, 0) is 4.79 Å². The van der Waals surface area contributed by atoms with Gasteiger partial charge in [-0.3, -0.25) is 4.79 Å². The number of fused-ring (bicyclic) bond motifs is 1. The van der Waals surface area contributed by atoms with Crippen LogP contribution in [0.15, 0.2) is 24.3 Å². The Labute approximate surface area is 153 Å². The van der Waals surface area contributed by atoms with Gasteiger partial charge in [0.2, 0.25) is 5.91 Å². The van der Waals surface area contributed by atoms with Gasteiger partial charge in [-0.15, -0.1) is 0 Å². The number of rotatable bonds is 7. The van der Waals surface area contributed by atoms with Gasteiger partial charge in [0.1, 0.15) is 0 Å². The number of anilines is 1. The van der Waals surface area contributed by atoms with Crippen LogP contribution in [0, 0.1) is 11.8 Å². The van der Waals surface area contributed by atoms with E-state index in [4.69, 9.17) is 0 Å². The second kappa shape index (κ2) is 8.84. The first kappa shape index (κ1) is 18.4. The maximum absolute atomic E-state index is 12.0. The lowest BCUT2D eigenvalue weighted by molar-refractivity contribution is -0.116. The largest absolute Gasteiger partial charge is 0.326 e. The van der Waals surface area contributed by atoms with Crippen molar-refractivity contribution in [1.29, 1.82) is 0 Å². The Morgan fingerprint density at radius 2 is 2.00 bits per heavy atom. The van der Waals surface area contributed by atoms with Crippen LogP contribution in [0.3, 0.4) is 0 Å². The lowest BCUT2D eigenvalue weighted by atomic mass is 9.83. The third-order valence-electron chi connectivity index (χ3n) is 6.04. The predicted octanol–water partition coefficient (Wildman–Crippen LogP) is 5.04. The molecule has 1 unspecified atom stereocenters. The number of piperidine rings is 1. The zero-order valence-electron chi connectivity index (χ0n) is 16.0.